The normalized spacial score (nSPS) is 17.9. The summed E-state index contributed by atoms with van der Waals surface area (Å²) in [6.45, 7) is 7.42. The molecule has 1 unspecified atom stereocenters. The molecule has 0 radical (unpaired) electrons. The Kier molecular flexibility index (Phi) is 5.97. The van der Waals surface area contributed by atoms with E-state index in [-0.39, 0.29) is 11.9 Å². The molecule has 0 spiro atoms. The molecule has 1 fully saturated rings. The fourth-order valence-corrected chi connectivity index (χ4v) is 3.40. The van der Waals surface area contributed by atoms with Gasteiger partial charge >= 0.3 is 0 Å². The van der Waals surface area contributed by atoms with Gasteiger partial charge in [-0.15, -0.1) is 0 Å². The fraction of sp³-hybridized carbons (Fsp3) is 0.765. The number of carbonyl (C=O) groups is 1. The number of carbonyl (C=O) groups excluding carboxylic acids is 1. The van der Waals surface area contributed by atoms with E-state index >= 15 is 0 Å². The lowest BCUT2D eigenvalue weighted by Crippen LogP contribution is -2.35. The molecule has 1 aliphatic carbocycles. The third kappa shape index (κ3) is 4.16. The highest BCUT2D eigenvalue weighted by Gasteiger charge is 2.30. The van der Waals surface area contributed by atoms with E-state index in [2.05, 4.69) is 12.0 Å². The van der Waals surface area contributed by atoms with E-state index in [0.29, 0.717) is 18.9 Å². The Labute approximate surface area is 127 Å². The lowest BCUT2D eigenvalue weighted by atomic mass is 9.83. The molecule has 0 amide bonds. The predicted molar refractivity (Wildman–Crippen MR) is 83.3 cm³/mol. The number of ketones is 1. The number of aromatic nitrogens is 2. The fourth-order valence-electron chi connectivity index (χ4n) is 3.40. The van der Waals surface area contributed by atoms with E-state index in [0.717, 1.165) is 30.8 Å². The monoisotopic (exact) mass is 292 g/mol. The zero-order chi connectivity index (χ0) is 15.2. The Bertz CT molecular complexity index is 461. The van der Waals surface area contributed by atoms with Crippen LogP contribution in [0.4, 0.5) is 0 Å². The molecule has 2 rings (SSSR count). The lowest BCUT2D eigenvalue weighted by Gasteiger charge is -2.29. The van der Waals surface area contributed by atoms with Gasteiger partial charge in [-0.05, 0) is 45.6 Å². The molecular weight excluding hydrogens is 264 g/mol. The summed E-state index contributed by atoms with van der Waals surface area (Å²) >= 11 is 0. The topological polar surface area (TPSA) is 44.1 Å². The Morgan fingerprint density at radius 3 is 2.71 bits per heavy atom. The van der Waals surface area contributed by atoms with Crippen molar-refractivity contribution in [3.05, 3.63) is 17.5 Å². The molecule has 1 saturated carbocycles. The first kappa shape index (κ1) is 16.2. The van der Waals surface area contributed by atoms with Gasteiger partial charge in [-0.1, -0.05) is 19.3 Å². The van der Waals surface area contributed by atoms with E-state index in [4.69, 9.17) is 4.74 Å². The number of hydrogen-bond acceptors (Lipinski definition) is 3. The minimum atomic E-state index is -0.226. The summed E-state index contributed by atoms with van der Waals surface area (Å²) in [6, 6.07) is 2.02. The predicted octanol–water partition coefficient (Wildman–Crippen LogP) is 3.31. The van der Waals surface area contributed by atoms with Gasteiger partial charge in [0.15, 0.2) is 5.78 Å². The van der Waals surface area contributed by atoms with E-state index in [1.165, 1.54) is 19.3 Å². The van der Waals surface area contributed by atoms with Crippen LogP contribution in [0.2, 0.25) is 0 Å². The van der Waals surface area contributed by atoms with Crippen molar-refractivity contribution in [2.45, 2.75) is 71.9 Å². The number of rotatable bonds is 7. The van der Waals surface area contributed by atoms with Crippen LogP contribution < -0.4 is 0 Å². The number of hydrogen-bond donors (Lipinski definition) is 0. The smallest absolute Gasteiger partial charge is 0.167 e. The molecule has 1 aliphatic rings. The van der Waals surface area contributed by atoms with Crippen LogP contribution in [-0.2, 0) is 22.5 Å². The van der Waals surface area contributed by atoms with E-state index in [1.807, 2.05) is 24.6 Å². The summed E-state index contributed by atoms with van der Waals surface area (Å²) in [7, 11) is 0. The quantitative estimate of drug-likeness (QED) is 0.774. The number of aryl methyl sites for hydroxylation is 2. The van der Waals surface area contributed by atoms with Crippen molar-refractivity contribution in [2.24, 2.45) is 5.92 Å². The molecule has 4 heteroatoms. The van der Waals surface area contributed by atoms with Crippen LogP contribution in [0.1, 0.15) is 57.3 Å². The number of Topliss-reactive ketones (excluding diaryl/α,β-unsaturated/α-hetero) is 1. The van der Waals surface area contributed by atoms with Crippen LogP contribution in [0.15, 0.2) is 6.07 Å². The van der Waals surface area contributed by atoms with Gasteiger partial charge in [0.2, 0.25) is 0 Å². The summed E-state index contributed by atoms with van der Waals surface area (Å²) < 4.78 is 7.74. The second kappa shape index (κ2) is 7.74. The molecule has 1 heterocycles. The molecule has 0 aromatic carbocycles. The van der Waals surface area contributed by atoms with Gasteiger partial charge in [-0.3, -0.25) is 9.48 Å². The zero-order valence-corrected chi connectivity index (χ0v) is 13.6. The summed E-state index contributed by atoms with van der Waals surface area (Å²) in [4.78, 5) is 12.7. The van der Waals surface area contributed by atoms with Gasteiger partial charge in [0.05, 0.1) is 12.1 Å². The van der Waals surface area contributed by atoms with Crippen LogP contribution in [0, 0.1) is 12.8 Å². The molecule has 0 bridgehead atoms. The zero-order valence-electron chi connectivity index (χ0n) is 13.6. The van der Waals surface area contributed by atoms with Crippen molar-refractivity contribution in [2.75, 3.05) is 6.61 Å². The Hall–Kier alpha value is -1.16. The van der Waals surface area contributed by atoms with Gasteiger partial charge < -0.3 is 4.74 Å². The van der Waals surface area contributed by atoms with Crippen LogP contribution in [0.25, 0.3) is 0 Å². The van der Waals surface area contributed by atoms with Crippen molar-refractivity contribution >= 4 is 5.78 Å². The number of nitrogens with zero attached hydrogens (tertiary/aromatic N) is 2. The third-order valence-corrected chi connectivity index (χ3v) is 4.38. The van der Waals surface area contributed by atoms with E-state index in [1.54, 1.807) is 0 Å². The SMILES string of the molecule is CCOC(C(=O)Cc1cc(C)nn1CC)C1CCCCC1. The molecule has 0 N–H and O–H groups in total. The Morgan fingerprint density at radius 2 is 2.10 bits per heavy atom. The summed E-state index contributed by atoms with van der Waals surface area (Å²) in [5, 5.41) is 4.42. The Morgan fingerprint density at radius 1 is 1.38 bits per heavy atom. The Balaban J connectivity index is 2.06. The molecule has 21 heavy (non-hydrogen) atoms. The van der Waals surface area contributed by atoms with Crippen molar-refractivity contribution < 1.29 is 9.53 Å². The third-order valence-electron chi connectivity index (χ3n) is 4.38. The van der Waals surface area contributed by atoms with E-state index in [9.17, 15) is 4.79 Å². The summed E-state index contributed by atoms with van der Waals surface area (Å²) in [5.41, 5.74) is 1.99. The first-order valence-corrected chi connectivity index (χ1v) is 8.33. The highest BCUT2D eigenvalue weighted by atomic mass is 16.5. The molecule has 1 atom stereocenters. The first-order chi connectivity index (χ1) is 10.2. The molecule has 118 valence electrons. The highest BCUT2D eigenvalue weighted by molar-refractivity contribution is 5.85. The average molecular weight is 292 g/mol. The van der Waals surface area contributed by atoms with Crippen LogP contribution >= 0.6 is 0 Å². The van der Waals surface area contributed by atoms with Gasteiger partial charge in [0, 0.05) is 18.8 Å². The van der Waals surface area contributed by atoms with E-state index < -0.39 is 0 Å². The minimum Gasteiger partial charge on any atom is -0.370 e. The van der Waals surface area contributed by atoms with Crippen molar-refractivity contribution in [3.63, 3.8) is 0 Å². The molecule has 1 aromatic heterocycles. The van der Waals surface area contributed by atoms with Crippen LogP contribution in [0.3, 0.4) is 0 Å². The maximum absolute atomic E-state index is 12.7. The van der Waals surface area contributed by atoms with Crippen LogP contribution in [-0.4, -0.2) is 28.3 Å². The van der Waals surface area contributed by atoms with Gasteiger partial charge in [0.1, 0.15) is 6.10 Å². The second-order valence-electron chi connectivity index (χ2n) is 6.01. The first-order valence-electron chi connectivity index (χ1n) is 8.33. The molecule has 0 saturated heterocycles. The maximum Gasteiger partial charge on any atom is 0.167 e. The highest BCUT2D eigenvalue weighted by Crippen LogP contribution is 2.29. The minimum absolute atomic E-state index is 0.221. The molecular formula is C17H28N2O2. The van der Waals surface area contributed by atoms with Crippen molar-refractivity contribution in [3.8, 4) is 0 Å². The largest absolute Gasteiger partial charge is 0.370 e. The molecule has 0 aliphatic heterocycles. The maximum atomic E-state index is 12.7. The van der Waals surface area contributed by atoms with Gasteiger partial charge in [0.25, 0.3) is 0 Å². The summed E-state index contributed by atoms with van der Waals surface area (Å²) in [6.07, 6.45) is 6.23. The van der Waals surface area contributed by atoms with Crippen molar-refractivity contribution in [1.29, 1.82) is 0 Å². The average Bonchev–Trinajstić information content (AvgIpc) is 2.85. The lowest BCUT2D eigenvalue weighted by molar-refractivity contribution is -0.134. The van der Waals surface area contributed by atoms with Crippen molar-refractivity contribution in [1.82, 2.24) is 9.78 Å². The van der Waals surface area contributed by atoms with Gasteiger partial charge in [-0.25, -0.2) is 0 Å². The molecule has 4 nitrogen and oxygen atoms in total. The standard InChI is InChI=1S/C17H28N2O2/c1-4-19-15(11-13(3)18-19)12-16(20)17(21-5-2)14-9-7-6-8-10-14/h11,14,17H,4-10,12H2,1-3H3. The second-order valence-corrected chi connectivity index (χ2v) is 6.01. The molecule has 1 aromatic rings. The van der Waals surface area contributed by atoms with Gasteiger partial charge in [-0.2, -0.15) is 5.10 Å². The number of ether oxygens (including phenoxy) is 1. The summed E-state index contributed by atoms with van der Waals surface area (Å²) in [5.74, 6) is 0.628. The van der Waals surface area contributed by atoms with Crippen LogP contribution in [0.5, 0.6) is 0 Å².